The number of benzene rings is 1. The summed E-state index contributed by atoms with van der Waals surface area (Å²) < 4.78 is 66.5. The van der Waals surface area contributed by atoms with Crippen LogP contribution in [-0.2, 0) is 26.6 Å². The molecule has 4 aromatic rings. The van der Waals surface area contributed by atoms with Crippen molar-refractivity contribution >= 4 is 31.9 Å². The normalized spacial score (nSPS) is 12.9. The zero-order valence-electron chi connectivity index (χ0n) is 15.5. The fourth-order valence-corrected chi connectivity index (χ4v) is 4.95. The Hall–Kier alpha value is -3.05. The summed E-state index contributed by atoms with van der Waals surface area (Å²) in [5.41, 5.74) is 0.666. The number of fused-ring (bicyclic) bond motifs is 1. The molecule has 0 radical (unpaired) electrons. The maximum atomic E-state index is 13.9. The molecule has 1 aromatic carbocycles. The topological polar surface area (TPSA) is 94.8 Å². The van der Waals surface area contributed by atoms with Crippen LogP contribution < -0.4 is 0 Å². The number of aromatic nitrogens is 4. The van der Waals surface area contributed by atoms with Crippen LogP contribution in [0.1, 0.15) is 5.56 Å². The molecular weight excluding hydrogens is 434 g/mol. The van der Waals surface area contributed by atoms with Gasteiger partial charge in [-0.25, -0.2) is 36.1 Å². The maximum Gasteiger partial charge on any atom is 0.244 e. The van der Waals surface area contributed by atoms with E-state index >= 15 is 0 Å². The van der Waals surface area contributed by atoms with Crippen LogP contribution >= 0.6 is 0 Å². The zero-order chi connectivity index (χ0) is 21.5. The van der Waals surface area contributed by atoms with E-state index < -0.39 is 32.5 Å². The molecule has 0 aliphatic carbocycles. The van der Waals surface area contributed by atoms with Crippen molar-refractivity contribution in [2.45, 2.75) is 10.8 Å². The molecule has 3 aromatic heterocycles. The maximum absolute atomic E-state index is 13.9. The highest BCUT2D eigenvalue weighted by atomic mass is 32.2. The van der Waals surface area contributed by atoms with E-state index in [0.717, 1.165) is 22.4 Å². The molecular formula is C19H14F2N4O3S2. The molecule has 0 fully saturated rings. The van der Waals surface area contributed by atoms with E-state index in [0.29, 0.717) is 5.56 Å². The Labute approximate surface area is 173 Å². The predicted molar refractivity (Wildman–Crippen MR) is 107 cm³/mol. The first-order chi connectivity index (χ1) is 14.3. The van der Waals surface area contributed by atoms with Gasteiger partial charge in [-0.15, -0.1) is 0 Å². The fourth-order valence-electron chi connectivity index (χ4n) is 2.98. The van der Waals surface area contributed by atoms with Crippen LogP contribution in [0.25, 0.3) is 22.4 Å². The molecule has 7 nitrogen and oxygen atoms in total. The molecule has 3 heterocycles. The molecule has 0 aliphatic rings. The van der Waals surface area contributed by atoms with Gasteiger partial charge in [-0.3, -0.25) is 4.21 Å². The minimum atomic E-state index is -3.93. The third kappa shape index (κ3) is 3.73. The first-order valence-electron chi connectivity index (χ1n) is 8.56. The Kier molecular flexibility index (Phi) is 5.16. The van der Waals surface area contributed by atoms with Crippen molar-refractivity contribution in [1.82, 2.24) is 18.9 Å². The summed E-state index contributed by atoms with van der Waals surface area (Å²) in [6, 6.07) is 9.64. The highest BCUT2D eigenvalue weighted by Gasteiger charge is 2.23. The Balaban J connectivity index is 1.92. The molecule has 0 bridgehead atoms. The summed E-state index contributed by atoms with van der Waals surface area (Å²) in [4.78, 5) is 11.8. The third-order valence-electron chi connectivity index (χ3n) is 4.30. The van der Waals surface area contributed by atoms with Gasteiger partial charge < -0.3 is 0 Å². The van der Waals surface area contributed by atoms with Gasteiger partial charge in [-0.1, -0.05) is 30.3 Å². The van der Waals surface area contributed by atoms with Crippen molar-refractivity contribution in [3.05, 3.63) is 72.2 Å². The number of hydrogen-bond donors (Lipinski definition) is 0. The van der Waals surface area contributed by atoms with E-state index in [4.69, 9.17) is 0 Å². The average Bonchev–Trinajstić information content (AvgIpc) is 3.08. The van der Waals surface area contributed by atoms with Crippen LogP contribution in [-0.4, -0.2) is 37.8 Å². The molecule has 0 amide bonds. The van der Waals surface area contributed by atoms with Gasteiger partial charge in [0, 0.05) is 23.4 Å². The summed E-state index contributed by atoms with van der Waals surface area (Å²) in [5.74, 6) is -1.95. The van der Waals surface area contributed by atoms with Crippen molar-refractivity contribution < 1.29 is 21.4 Å². The van der Waals surface area contributed by atoms with Crippen LogP contribution in [0.3, 0.4) is 0 Å². The quantitative estimate of drug-likeness (QED) is 0.436. The molecule has 30 heavy (non-hydrogen) atoms. The number of halogens is 2. The second-order valence-corrected chi connectivity index (χ2v) is 9.55. The van der Waals surface area contributed by atoms with E-state index in [1.54, 1.807) is 30.3 Å². The summed E-state index contributed by atoms with van der Waals surface area (Å²) in [5, 5.41) is -0.205. The molecule has 0 saturated carbocycles. The van der Waals surface area contributed by atoms with Gasteiger partial charge in [0.15, 0.2) is 22.3 Å². The molecule has 0 saturated heterocycles. The molecule has 0 N–H and O–H groups in total. The highest BCUT2D eigenvalue weighted by Crippen LogP contribution is 2.30. The standard InChI is InChI=1S/C19H14F2N4O3S2/c1-29(26)19-16(21)9-22-17(24-19)15-10-25(18-14(15)7-13(20)8-23-18)30(27,28)11-12-5-3-2-4-6-12/h2-10H,11H2,1H3. The molecule has 1 unspecified atom stereocenters. The lowest BCUT2D eigenvalue weighted by atomic mass is 10.2. The van der Waals surface area contributed by atoms with E-state index in [2.05, 4.69) is 15.0 Å². The lowest BCUT2D eigenvalue weighted by molar-refractivity contribution is 0.573. The van der Waals surface area contributed by atoms with Gasteiger partial charge in [0.2, 0.25) is 10.0 Å². The summed E-state index contributed by atoms with van der Waals surface area (Å²) in [7, 11) is -5.67. The van der Waals surface area contributed by atoms with Gasteiger partial charge in [0.25, 0.3) is 0 Å². The van der Waals surface area contributed by atoms with E-state index in [1.807, 2.05) is 0 Å². The van der Waals surface area contributed by atoms with Gasteiger partial charge in [0.05, 0.1) is 28.9 Å². The second-order valence-electron chi connectivity index (χ2n) is 6.41. The van der Waals surface area contributed by atoms with Crippen molar-refractivity contribution in [2.24, 2.45) is 0 Å². The van der Waals surface area contributed by atoms with E-state index in [9.17, 15) is 21.4 Å². The molecule has 0 spiro atoms. The smallest absolute Gasteiger partial charge is 0.244 e. The molecule has 11 heteroatoms. The summed E-state index contributed by atoms with van der Waals surface area (Å²) >= 11 is 0. The first kappa shape index (κ1) is 20.2. The van der Waals surface area contributed by atoms with Crippen LogP contribution in [0.4, 0.5) is 8.78 Å². The van der Waals surface area contributed by atoms with Crippen molar-refractivity contribution in [1.29, 1.82) is 0 Å². The minimum Gasteiger partial charge on any atom is -0.253 e. The summed E-state index contributed by atoms with van der Waals surface area (Å²) in [6.07, 6.45) is 4.21. The second kappa shape index (κ2) is 7.65. The number of nitrogens with zero attached hydrogens (tertiary/aromatic N) is 4. The lowest BCUT2D eigenvalue weighted by Crippen LogP contribution is -2.14. The predicted octanol–water partition coefficient (Wildman–Crippen LogP) is 2.89. The first-order valence-corrected chi connectivity index (χ1v) is 11.7. The Morgan fingerprint density at radius 1 is 1.10 bits per heavy atom. The van der Waals surface area contributed by atoms with Gasteiger partial charge in [-0.05, 0) is 11.6 Å². The van der Waals surface area contributed by atoms with E-state index in [1.165, 1.54) is 12.5 Å². The van der Waals surface area contributed by atoms with Crippen molar-refractivity contribution in [2.75, 3.05) is 6.26 Å². The molecule has 0 aliphatic heterocycles. The SMILES string of the molecule is CS(=O)c1nc(-c2cn(S(=O)(=O)Cc3ccccc3)c3ncc(F)cc23)ncc1F. The van der Waals surface area contributed by atoms with Gasteiger partial charge >= 0.3 is 0 Å². The summed E-state index contributed by atoms with van der Waals surface area (Å²) in [6.45, 7) is 0. The van der Waals surface area contributed by atoms with E-state index in [-0.39, 0.29) is 33.2 Å². The third-order valence-corrected chi connectivity index (χ3v) is 6.70. The zero-order valence-corrected chi connectivity index (χ0v) is 17.1. The lowest BCUT2D eigenvalue weighted by Gasteiger charge is -2.06. The Bertz CT molecular complexity index is 1390. The Morgan fingerprint density at radius 3 is 2.53 bits per heavy atom. The number of hydrogen-bond acceptors (Lipinski definition) is 6. The Morgan fingerprint density at radius 2 is 1.83 bits per heavy atom. The largest absolute Gasteiger partial charge is 0.253 e. The fraction of sp³-hybridized carbons (Fsp3) is 0.105. The highest BCUT2D eigenvalue weighted by molar-refractivity contribution is 7.89. The van der Waals surface area contributed by atoms with Crippen LogP contribution in [0.5, 0.6) is 0 Å². The number of pyridine rings is 1. The molecule has 4 rings (SSSR count). The number of rotatable bonds is 5. The van der Waals surface area contributed by atoms with Crippen LogP contribution in [0.2, 0.25) is 0 Å². The van der Waals surface area contributed by atoms with Crippen molar-refractivity contribution in [3.63, 3.8) is 0 Å². The van der Waals surface area contributed by atoms with Crippen LogP contribution in [0.15, 0.2) is 60.0 Å². The van der Waals surface area contributed by atoms with Gasteiger partial charge in [0.1, 0.15) is 5.82 Å². The average molecular weight is 448 g/mol. The monoisotopic (exact) mass is 448 g/mol. The van der Waals surface area contributed by atoms with Gasteiger partial charge in [-0.2, -0.15) is 0 Å². The minimum absolute atomic E-state index is 0.0190. The molecule has 1 atom stereocenters. The van der Waals surface area contributed by atoms with Crippen LogP contribution in [0, 0.1) is 11.6 Å². The van der Waals surface area contributed by atoms with Crippen molar-refractivity contribution in [3.8, 4) is 11.4 Å². The molecule has 154 valence electrons.